The highest BCUT2D eigenvalue weighted by atomic mass is 16.1. The highest BCUT2D eigenvalue weighted by molar-refractivity contribution is 6.20. The predicted molar refractivity (Wildman–Crippen MR) is 187 cm³/mol. The Morgan fingerprint density at radius 2 is 1.44 bits per heavy atom. The molecule has 2 aliphatic carbocycles. The summed E-state index contributed by atoms with van der Waals surface area (Å²) in [6, 6.07) is 30.4. The molecule has 1 saturated heterocycles. The van der Waals surface area contributed by atoms with E-state index in [1.54, 1.807) is 0 Å². The minimum absolute atomic E-state index is 0.0583. The van der Waals surface area contributed by atoms with Crippen molar-refractivity contribution in [1.82, 2.24) is 4.40 Å². The Morgan fingerprint density at radius 3 is 2.27 bits per heavy atom. The molecule has 2 aromatic heterocycles. The molecule has 1 fully saturated rings. The summed E-state index contributed by atoms with van der Waals surface area (Å²) in [6.07, 6.45) is 12.8. The maximum Gasteiger partial charge on any atom is 0.263 e. The Balaban J connectivity index is 1.30. The number of anilines is 1. The lowest BCUT2D eigenvalue weighted by Crippen LogP contribution is -2.47. The van der Waals surface area contributed by atoms with E-state index in [4.69, 9.17) is 0 Å². The number of aromatic nitrogens is 1. The monoisotopic (exact) mass is 582 g/mol. The average Bonchev–Trinajstić information content (AvgIpc) is 3.52. The molecule has 0 spiro atoms. The normalized spacial score (nSPS) is 26.2. The molecule has 10 rings (SSSR count). The summed E-state index contributed by atoms with van der Waals surface area (Å²) in [4.78, 5) is 16.6. The molecule has 4 aromatic carbocycles. The fraction of sp³-hybridized carbons (Fsp3) is 0.214. The molecule has 0 saturated carbocycles. The first kappa shape index (κ1) is 25.4. The van der Waals surface area contributed by atoms with E-state index in [-0.39, 0.29) is 27.8 Å². The van der Waals surface area contributed by atoms with Crippen molar-refractivity contribution < 1.29 is 0 Å². The molecule has 4 aliphatic rings. The smallest absolute Gasteiger partial charge is 0.263 e. The van der Waals surface area contributed by atoms with Gasteiger partial charge in [0.25, 0.3) is 5.56 Å². The van der Waals surface area contributed by atoms with Gasteiger partial charge in [-0.3, -0.25) is 9.20 Å². The molecule has 0 N–H and O–H groups in total. The van der Waals surface area contributed by atoms with Gasteiger partial charge in [0, 0.05) is 49.7 Å². The minimum Gasteiger partial charge on any atom is -0.331 e. The lowest BCUT2D eigenvalue weighted by molar-refractivity contribution is 0.480. The second-order valence-electron chi connectivity index (χ2n) is 14.6. The van der Waals surface area contributed by atoms with Crippen molar-refractivity contribution in [3.8, 4) is 0 Å². The van der Waals surface area contributed by atoms with Crippen LogP contribution in [0.1, 0.15) is 45.2 Å². The topological polar surface area (TPSA) is 24.7 Å². The molecule has 3 heteroatoms. The van der Waals surface area contributed by atoms with Crippen molar-refractivity contribution in [3.05, 3.63) is 154 Å². The third kappa shape index (κ3) is 2.91. The maximum absolute atomic E-state index is 13.9. The fourth-order valence-electron chi connectivity index (χ4n) is 9.50. The Morgan fingerprint density at radius 1 is 0.756 bits per heavy atom. The van der Waals surface area contributed by atoms with Crippen LogP contribution in [0.5, 0.6) is 0 Å². The number of allylic oxidation sites excluding steroid dienone is 5. The van der Waals surface area contributed by atoms with Crippen molar-refractivity contribution in [2.45, 2.75) is 50.5 Å². The van der Waals surface area contributed by atoms with Gasteiger partial charge in [0.1, 0.15) is 0 Å². The van der Waals surface area contributed by atoms with E-state index in [9.17, 15) is 4.79 Å². The molecule has 6 aromatic rings. The van der Waals surface area contributed by atoms with Crippen LogP contribution in [0.25, 0.3) is 38.0 Å². The lowest BCUT2D eigenvalue weighted by atomic mass is 9.62. The van der Waals surface area contributed by atoms with Crippen LogP contribution in [0.3, 0.4) is 0 Å². The van der Waals surface area contributed by atoms with Crippen molar-refractivity contribution >= 4 is 43.7 Å². The third-order valence-corrected chi connectivity index (χ3v) is 11.7. The Hall–Kier alpha value is -4.89. The van der Waals surface area contributed by atoms with Gasteiger partial charge in [-0.25, -0.2) is 0 Å². The van der Waals surface area contributed by atoms with Crippen molar-refractivity contribution in [2.75, 3.05) is 4.90 Å². The van der Waals surface area contributed by atoms with Crippen molar-refractivity contribution in [3.63, 3.8) is 0 Å². The van der Waals surface area contributed by atoms with E-state index in [2.05, 4.69) is 130 Å². The zero-order valence-corrected chi connectivity index (χ0v) is 26.1. The van der Waals surface area contributed by atoms with E-state index in [0.29, 0.717) is 0 Å². The van der Waals surface area contributed by atoms with E-state index < -0.39 is 0 Å². The molecule has 3 unspecified atom stereocenters. The molecule has 3 nitrogen and oxygen atoms in total. The first-order chi connectivity index (χ1) is 21.7. The lowest BCUT2D eigenvalue weighted by Gasteiger charge is -2.49. The minimum atomic E-state index is -0.242. The first-order valence-corrected chi connectivity index (χ1v) is 16.2. The second kappa shape index (κ2) is 8.03. The van der Waals surface area contributed by atoms with E-state index in [1.165, 1.54) is 33.7 Å². The number of hydrogen-bond acceptors (Lipinski definition) is 2. The average molecular weight is 583 g/mol. The number of hydrogen-bond donors (Lipinski definition) is 0. The number of pyridine rings is 1. The van der Waals surface area contributed by atoms with Gasteiger partial charge in [0.15, 0.2) is 0 Å². The summed E-state index contributed by atoms with van der Waals surface area (Å²) >= 11 is 0. The van der Waals surface area contributed by atoms with Gasteiger partial charge in [0.2, 0.25) is 0 Å². The highest BCUT2D eigenvalue weighted by Crippen LogP contribution is 2.62. The summed E-state index contributed by atoms with van der Waals surface area (Å²) < 4.78 is 1.95. The van der Waals surface area contributed by atoms with Gasteiger partial charge in [-0.15, -0.1) is 0 Å². The number of nitrogens with zero attached hydrogens (tertiary/aromatic N) is 2. The van der Waals surface area contributed by atoms with Crippen LogP contribution in [-0.2, 0) is 10.8 Å². The standard InChI is InChI=1S/C42H34N2O/c1-40(2)33-17-8-10-19-36(33)44-38-31(32-16-11-12-20-42(32,44)4)23-41(3,24-34(38)40)25-21-29-26-13-5-6-15-28(26)39(45)43-35-18-9-7-14-27(35)30(22-25)37(29)43/h5-23,32H,24H2,1-4H3. The Bertz CT molecular complexity index is 2500. The molecule has 218 valence electrons. The third-order valence-electron chi connectivity index (χ3n) is 11.7. The van der Waals surface area contributed by atoms with Gasteiger partial charge in [-0.05, 0) is 71.3 Å². The summed E-state index contributed by atoms with van der Waals surface area (Å²) in [5.74, 6) is 0.261. The van der Waals surface area contributed by atoms with Crippen LogP contribution < -0.4 is 10.5 Å². The molecular formula is C42H34N2O. The van der Waals surface area contributed by atoms with Gasteiger partial charge >= 0.3 is 0 Å². The summed E-state index contributed by atoms with van der Waals surface area (Å²) in [6.45, 7) is 9.70. The SMILES string of the molecule is CC1(c2cc3c4ccccc4c(=O)n4c5ccccc5c(c2)c34)C=C2C3=C(C1)C(C)(C)c1ccccc1N3C1(C)C=CC=CC21. The van der Waals surface area contributed by atoms with Gasteiger partial charge < -0.3 is 4.90 Å². The van der Waals surface area contributed by atoms with E-state index >= 15 is 0 Å². The van der Waals surface area contributed by atoms with Crippen LogP contribution in [0.15, 0.2) is 137 Å². The summed E-state index contributed by atoms with van der Waals surface area (Å²) in [5.41, 5.74) is 9.97. The summed E-state index contributed by atoms with van der Waals surface area (Å²) in [5, 5.41) is 5.25. The molecule has 3 atom stereocenters. The molecule has 0 bridgehead atoms. The largest absolute Gasteiger partial charge is 0.331 e. The molecule has 0 amide bonds. The first-order valence-electron chi connectivity index (χ1n) is 16.2. The van der Waals surface area contributed by atoms with Crippen LogP contribution in [0.2, 0.25) is 0 Å². The molecule has 2 aliphatic heterocycles. The quantitative estimate of drug-likeness (QED) is 0.181. The van der Waals surface area contributed by atoms with Crippen LogP contribution in [0.4, 0.5) is 5.69 Å². The van der Waals surface area contributed by atoms with Crippen molar-refractivity contribution in [2.24, 2.45) is 5.92 Å². The van der Waals surface area contributed by atoms with Gasteiger partial charge in [-0.2, -0.15) is 0 Å². The van der Waals surface area contributed by atoms with Crippen LogP contribution in [0, 0.1) is 5.92 Å². The zero-order chi connectivity index (χ0) is 30.5. The van der Waals surface area contributed by atoms with Crippen LogP contribution in [-0.4, -0.2) is 9.94 Å². The summed E-state index contributed by atoms with van der Waals surface area (Å²) in [7, 11) is 0. The molecule has 4 heterocycles. The number of rotatable bonds is 1. The Kier molecular flexibility index (Phi) is 4.54. The van der Waals surface area contributed by atoms with Gasteiger partial charge in [-0.1, -0.05) is 106 Å². The molecular weight excluding hydrogens is 548 g/mol. The Labute approximate surface area is 262 Å². The predicted octanol–water partition coefficient (Wildman–Crippen LogP) is 9.35. The molecule has 0 radical (unpaired) electrons. The number of benzene rings is 4. The highest BCUT2D eigenvalue weighted by Gasteiger charge is 2.57. The fourth-order valence-corrected chi connectivity index (χ4v) is 9.50. The number of fused-ring (bicyclic) bond motifs is 10. The zero-order valence-electron chi connectivity index (χ0n) is 26.1. The number of para-hydroxylation sites is 2. The van der Waals surface area contributed by atoms with E-state index in [1.807, 2.05) is 22.6 Å². The van der Waals surface area contributed by atoms with E-state index in [0.717, 1.165) is 44.4 Å². The van der Waals surface area contributed by atoms with Crippen molar-refractivity contribution in [1.29, 1.82) is 0 Å². The maximum atomic E-state index is 13.9. The molecule has 45 heavy (non-hydrogen) atoms. The van der Waals surface area contributed by atoms with Gasteiger partial charge in [0.05, 0.1) is 16.6 Å². The second-order valence-corrected chi connectivity index (χ2v) is 14.6. The van der Waals surface area contributed by atoms with Crippen LogP contribution >= 0.6 is 0 Å².